The molecule has 1 heterocycles. The van der Waals surface area contributed by atoms with Crippen LogP contribution in [0.5, 0.6) is 0 Å². The highest BCUT2D eigenvalue weighted by Gasteiger charge is 2.40. The molecule has 0 aliphatic carbocycles. The number of rotatable bonds is 5. The molecule has 2 aromatic rings. The van der Waals surface area contributed by atoms with Gasteiger partial charge < -0.3 is 14.6 Å². The highest BCUT2D eigenvalue weighted by Crippen LogP contribution is 2.41. The molecule has 0 saturated carbocycles. The molecule has 3 nitrogen and oxygen atoms in total. The third-order valence-electron chi connectivity index (χ3n) is 5.55. The third kappa shape index (κ3) is 5.82. The summed E-state index contributed by atoms with van der Waals surface area (Å²) in [5, 5.41) is 9.74. The average molecular weight is 484 g/mol. The second kappa shape index (κ2) is 9.55. The van der Waals surface area contributed by atoms with E-state index < -0.39 is 64.9 Å². The Morgan fingerprint density at radius 2 is 1.58 bits per heavy atom. The van der Waals surface area contributed by atoms with E-state index in [1.807, 2.05) is 0 Å². The summed E-state index contributed by atoms with van der Waals surface area (Å²) in [4.78, 5) is 0. The summed E-state index contributed by atoms with van der Waals surface area (Å²) in [5.74, 6) is -3.62. The lowest BCUT2D eigenvalue weighted by Crippen LogP contribution is -2.38. The van der Waals surface area contributed by atoms with E-state index in [0.29, 0.717) is 18.6 Å². The van der Waals surface area contributed by atoms with Crippen molar-refractivity contribution in [1.29, 1.82) is 0 Å². The predicted octanol–water partition coefficient (Wildman–Crippen LogP) is 6.22. The van der Waals surface area contributed by atoms with Crippen LogP contribution in [0.15, 0.2) is 36.4 Å². The van der Waals surface area contributed by atoms with Gasteiger partial charge in [0.25, 0.3) is 0 Å². The van der Waals surface area contributed by atoms with E-state index in [-0.39, 0.29) is 24.8 Å². The molecule has 4 atom stereocenters. The minimum Gasteiger partial charge on any atom is -0.396 e. The van der Waals surface area contributed by atoms with Crippen molar-refractivity contribution in [3.05, 3.63) is 70.3 Å². The monoisotopic (exact) mass is 484 g/mol. The van der Waals surface area contributed by atoms with Gasteiger partial charge >= 0.3 is 12.4 Å². The fourth-order valence-electron chi connectivity index (χ4n) is 3.81. The number of hydrogen-bond donors (Lipinski definition) is 1. The van der Waals surface area contributed by atoms with Crippen molar-refractivity contribution in [3.63, 3.8) is 0 Å². The number of hydrogen-bond acceptors (Lipinski definition) is 3. The molecule has 182 valence electrons. The third-order valence-corrected chi connectivity index (χ3v) is 5.55. The zero-order valence-corrected chi connectivity index (χ0v) is 17.2. The fraction of sp³-hybridized carbons (Fsp3) is 0.455. The Morgan fingerprint density at radius 1 is 0.970 bits per heavy atom. The number of benzene rings is 2. The molecule has 0 aromatic heterocycles. The molecule has 0 unspecified atom stereocenters. The van der Waals surface area contributed by atoms with Gasteiger partial charge in [0.05, 0.1) is 23.8 Å². The summed E-state index contributed by atoms with van der Waals surface area (Å²) in [5.41, 5.74) is -3.16. The molecule has 1 N–H and O–H groups in total. The van der Waals surface area contributed by atoms with Crippen molar-refractivity contribution < 1.29 is 49.7 Å². The van der Waals surface area contributed by atoms with Crippen LogP contribution in [0, 0.1) is 17.6 Å². The molecule has 0 amide bonds. The standard InChI is InChI=1S/C22H20F8O3/c1-11(14-6-15(21(25,26)27)9-16(7-14)22(28,29)30)33-20-19(13(10-31)4-5-32-20)12-2-3-17(23)18(24)8-12/h2-3,6-9,11,13,19-20,31H,4-5,10H2,1H3/t11-,13+,19+,20-/m1/s1. The Labute approximate surface area is 183 Å². The van der Waals surface area contributed by atoms with Crippen LogP contribution in [-0.4, -0.2) is 24.6 Å². The van der Waals surface area contributed by atoms with E-state index in [4.69, 9.17) is 9.47 Å². The second-order valence-corrected chi connectivity index (χ2v) is 7.79. The van der Waals surface area contributed by atoms with Gasteiger partial charge in [-0.3, -0.25) is 0 Å². The molecule has 3 rings (SSSR count). The lowest BCUT2D eigenvalue weighted by atomic mass is 9.82. The van der Waals surface area contributed by atoms with Crippen LogP contribution >= 0.6 is 0 Å². The number of ether oxygens (including phenoxy) is 2. The molecule has 1 saturated heterocycles. The summed E-state index contributed by atoms with van der Waals surface area (Å²) in [6.07, 6.45) is -12.2. The maximum absolute atomic E-state index is 13.8. The van der Waals surface area contributed by atoms with E-state index in [1.54, 1.807) is 0 Å². The largest absolute Gasteiger partial charge is 0.416 e. The summed E-state index contributed by atoms with van der Waals surface area (Å²) < 4.78 is 118. The first-order valence-corrected chi connectivity index (χ1v) is 9.93. The van der Waals surface area contributed by atoms with Gasteiger partial charge in [-0.15, -0.1) is 0 Å². The molecular weight excluding hydrogens is 464 g/mol. The summed E-state index contributed by atoms with van der Waals surface area (Å²) >= 11 is 0. The van der Waals surface area contributed by atoms with E-state index in [9.17, 15) is 40.2 Å². The van der Waals surface area contributed by atoms with Crippen molar-refractivity contribution >= 4 is 0 Å². The topological polar surface area (TPSA) is 38.7 Å². The molecule has 0 bridgehead atoms. The van der Waals surface area contributed by atoms with Crippen molar-refractivity contribution in [2.45, 2.75) is 44.0 Å². The number of alkyl halides is 6. The molecule has 0 radical (unpaired) electrons. The summed E-state index contributed by atoms with van der Waals surface area (Å²) in [6, 6.07) is 4.14. The van der Waals surface area contributed by atoms with Crippen LogP contribution in [0.2, 0.25) is 0 Å². The van der Waals surface area contributed by atoms with E-state index in [0.717, 1.165) is 12.1 Å². The number of aliphatic hydroxyl groups is 1. The zero-order valence-electron chi connectivity index (χ0n) is 17.2. The van der Waals surface area contributed by atoms with Crippen LogP contribution in [0.4, 0.5) is 35.1 Å². The molecule has 2 aromatic carbocycles. The van der Waals surface area contributed by atoms with Gasteiger partial charge in [0.1, 0.15) is 0 Å². The van der Waals surface area contributed by atoms with Gasteiger partial charge in [0, 0.05) is 12.5 Å². The van der Waals surface area contributed by atoms with Gasteiger partial charge in [-0.25, -0.2) is 8.78 Å². The summed E-state index contributed by atoms with van der Waals surface area (Å²) in [6.45, 7) is 0.964. The Bertz CT molecular complexity index is 941. The highest BCUT2D eigenvalue weighted by atomic mass is 19.4. The minimum atomic E-state index is -5.02. The molecule has 0 spiro atoms. The maximum Gasteiger partial charge on any atom is 0.416 e. The van der Waals surface area contributed by atoms with Crippen molar-refractivity contribution in [3.8, 4) is 0 Å². The maximum atomic E-state index is 13.8. The number of aliphatic hydroxyl groups excluding tert-OH is 1. The molecule has 11 heteroatoms. The lowest BCUT2D eigenvalue weighted by molar-refractivity contribution is -0.212. The van der Waals surface area contributed by atoms with Crippen LogP contribution in [0.25, 0.3) is 0 Å². The Kier molecular flexibility index (Phi) is 7.35. The first kappa shape index (κ1) is 25.4. The highest BCUT2D eigenvalue weighted by molar-refractivity contribution is 5.35. The smallest absolute Gasteiger partial charge is 0.396 e. The van der Waals surface area contributed by atoms with E-state index >= 15 is 0 Å². The van der Waals surface area contributed by atoms with Crippen molar-refractivity contribution in [1.82, 2.24) is 0 Å². The van der Waals surface area contributed by atoms with Gasteiger partial charge in [-0.1, -0.05) is 6.07 Å². The predicted molar refractivity (Wildman–Crippen MR) is 100.0 cm³/mol. The fourth-order valence-corrected chi connectivity index (χ4v) is 3.81. The lowest BCUT2D eigenvalue weighted by Gasteiger charge is -2.38. The van der Waals surface area contributed by atoms with Crippen molar-refractivity contribution in [2.24, 2.45) is 5.92 Å². The molecule has 33 heavy (non-hydrogen) atoms. The number of halogens is 8. The summed E-state index contributed by atoms with van der Waals surface area (Å²) in [7, 11) is 0. The molecule has 1 aliphatic heterocycles. The van der Waals surface area contributed by atoms with Gasteiger partial charge in [0.2, 0.25) is 0 Å². The van der Waals surface area contributed by atoms with E-state index in [2.05, 4.69) is 0 Å². The van der Waals surface area contributed by atoms with Crippen LogP contribution < -0.4 is 0 Å². The van der Waals surface area contributed by atoms with Crippen LogP contribution in [0.3, 0.4) is 0 Å². The van der Waals surface area contributed by atoms with Gasteiger partial charge in [0.15, 0.2) is 17.9 Å². The quantitative estimate of drug-likeness (QED) is 0.513. The zero-order chi connectivity index (χ0) is 24.6. The Hall–Kier alpha value is -2.24. The van der Waals surface area contributed by atoms with Crippen LogP contribution in [-0.2, 0) is 21.8 Å². The van der Waals surface area contributed by atoms with Crippen LogP contribution in [0.1, 0.15) is 47.6 Å². The molecule has 1 fully saturated rings. The van der Waals surface area contributed by atoms with E-state index in [1.165, 1.54) is 13.0 Å². The second-order valence-electron chi connectivity index (χ2n) is 7.79. The average Bonchev–Trinajstić information content (AvgIpc) is 2.74. The minimum absolute atomic E-state index is 0.0131. The normalized spacial score (nSPS) is 22.9. The van der Waals surface area contributed by atoms with Gasteiger partial charge in [-0.05, 0) is 60.7 Å². The van der Waals surface area contributed by atoms with Gasteiger partial charge in [-0.2, -0.15) is 26.3 Å². The first-order chi connectivity index (χ1) is 15.3. The Balaban J connectivity index is 1.95. The molecule has 1 aliphatic rings. The SMILES string of the molecule is C[C@@H](O[C@H]1OCC[C@@H](CO)[C@@H]1c1ccc(F)c(F)c1)c1cc(C(F)(F)F)cc(C(F)(F)F)c1. The Morgan fingerprint density at radius 3 is 2.09 bits per heavy atom. The first-order valence-electron chi connectivity index (χ1n) is 9.93. The van der Waals surface area contributed by atoms with Crippen molar-refractivity contribution in [2.75, 3.05) is 13.2 Å². The molecular formula is C22H20F8O3.